The number of nitrogens with zero attached hydrogens (tertiary/aromatic N) is 4. The second-order valence-electron chi connectivity index (χ2n) is 13.8. The lowest BCUT2D eigenvalue weighted by Gasteiger charge is -2.42. The van der Waals surface area contributed by atoms with Gasteiger partial charge in [-0.05, 0) is 70.2 Å². The van der Waals surface area contributed by atoms with Gasteiger partial charge in [0.2, 0.25) is 33.5 Å². The quantitative estimate of drug-likeness (QED) is 0.102. The van der Waals surface area contributed by atoms with E-state index < -0.39 is 45.5 Å². The molecule has 0 saturated carbocycles. The van der Waals surface area contributed by atoms with Crippen LogP contribution in [0.4, 0.5) is 0 Å². The summed E-state index contributed by atoms with van der Waals surface area (Å²) in [5.74, 6) is -2.07. The van der Waals surface area contributed by atoms with Crippen molar-refractivity contribution in [2.75, 3.05) is 26.7 Å². The first-order valence-corrected chi connectivity index (χ1v) is 19.4. The molecule has 0 radical (unpaired) electrons. The van der Waals surface area contributed by atoms with Crippen LogP contribution in [0.5, 0.6) is 0 Å². The number of thiazole rings is 1. The highest BCUT2D eigenvalue weighted by molar-refractivity contribution is 7.89. The first-order valence-electron chi connectivity index (χ1n) is 17.1. The largest absolute Gasteiger partial charge is 0.370 e. The Balaban J connectivity index is 1.58. The number of amides is 3. The number of hydrogen-bond acceptors (Lipinski definition) is 9. The van der Waals surface area contributed by atoms with Crippen LogP contribution in [0.2, 0.25) is 0 Å². The van der Waals surface area contributed by atoms with Crippen molar-refractivity contribution in [3.63, 3.8) is 0 Å². The number of aromatic nitrogens is 1. The van der Waals surface area contributed by atoms with E-state index in [1.54, 1.807) is 30.6 Å². The van der Waals surface area contributed by atoms with Gasteiger partial charge in [0, 0.05) is 50.2 Å². The molecule has 3 aromatic rings. The SMILES string of the molecule is CC(C(=O)N[C@@H](CCCN(C)C(=N)N)C(=O)c1nccs1)N1CCN(S(=O)(=O)c2cccc(-c3ccccc3)c2)C(CCC(=O)NC(C)(C)C)C1=O. The molecule has 1 aliphatic rings. The fraction of sp³-hybridized carbons (Fsp3) is 0.444. The highest BCUT2D eigenvalue weighted by Gasteiger charge is 2.44. The van der Waals surface area contributed by atoms with Gasteiger partial charge in [0.25, 0.3) is 0 Å². The molecule has 1 aliphatic heterocycles. The summed E-state index contributed by atoms with van der Waals surface area (Å²) in [6, 6.07) is 12.5. The molecule has 0 spiro atoms. The summed E-state index contributed by atoms with van der Waals surface area (Å²) in [6.07, 6.45) is 1.90. The van der Waals surface area contributed by atoms with E-state index in [4.69, 9.17) is 11.1 Å². The summed E-state index contributed by atoms with van der Waals surface area (Å²) in [5.41, 5.74) is 6.52. The molecule has 0 bridgehead atoms. The van der Waals surface area contributed by atoms with Gasteiger partial charge in [-0.3, -0.25) is 24.6 Å². The summed E-state index contributed by atoms with van der Waals surface area (Å²) in [6.45, 7) is 7.15. The fourth-order valence-electron chi connectivity index (χ4n) is 5.93. The molecule has 2 aromatic carbocycles. The number of guanidine groups is 1. The van der Waals surface area contributed by atoms with Gasteiger partial charge in [0.05, 0.1) is 10.9 Å². The number of benzene rings is 2. The van der Waals surface area contributed by atoms with Gasteiger partial charge in [-0.2, -0.15) is 4.31 Å². The molecule has 1 saturated heterocycles. The van der Waals surface area contributed by atoms with Gasteiger partial charge in [-0.1, -0.05) is 42.5 Å². The topological polar surface area (TPSA) is 199 Å². The van der Waals surface area contributed by atoms with Crippen molar-refractivity contribution >= 4 is 50.8 Å². The Labute approximate surface area is 309 Å². The Morgan fingerprint density at radius 3 is 2.42 bits per heavy atom. The third kappa shape index (κ3) is 10.2. The van der Waals surface area contributed by atoms with E-state index in [0.717, 1.165) is 21.2 Å². The molecular formula is C36H48N8O6S2. The van der Waals surface area contributed by atoms with Crippen molar-refractivity contribution in [3.8, 4) is 11.1 Å². The minimum atomic E-state index is -4.23. The van der Waals surface area contributed by atoms with Crippen LogP contribution in [0.1, 0.15) is 63.2 Å². The van der Waals surface area contributed by atoms with Crippen LogP contribution in [-0.4, -0.2) is 107 Å². The molecule has 0 aliphatic carbocycles. The van der Waals surface area contributed by atoms with E-state index in [9.17, 15) is 27.6 Å². The zero-order valence-electron chi connectivity index (χ0n) is 30.2. The van der Waals surface area contributed by atoms with Gasteiger partial charge in [0.15, 0.2) is 11.0 Å². The van der Waals surface area contributed by atoms with E-state index in [0.29, 0.717) is 18.5 Å². The monoisotopic (exact) mass is 752 g/mol. The number of piperazine rings is 1. The van der Waals surface area contributed by atoms with E-state index >= 15 is 0 Å². The van der Waals surface area contributed by atoms with E-state index in [1.165, 1.54) is 29.0 Å². The van der Waals surface area contributed by atoms with Crippen LogP contribution >= 0.6 is 11.3 Å². The first-order chi connectivity index (χ1) is 24.5. The molecule has 1 fully saturated rings. The van der Waals surface area contributed by atoms with E-state index in [1.807, 2.05) is 51.1 Å². The molecule has 280 valence electrons. The molecule has 52 heavy (non-hydrogen) atoms. The van der Waals surface area contributed by atoms with E-state index in [-0.39, 0.29) is 59.9 Å². The van der Waals surface area contributed by atoms with Gasteiger partial charge in [0.1, 0.15) is 12.1 Å². The van der Waals surface area contributed by atoms with Gasteiger partial charge >= 0.3 is 0 Å². The average molecular weight is 753 g/mol. The normalized spacial score (nSPS) is 16.5. The number of carbonyl (C=O) groups excluding carboxylic acids is 4. The maximum absolute atomic E-state index is 14.3. The van der Waals surface area contributed by atoms with Crippen LogP contribution < -0.4 is 16.4 Å². The molecule has 16 heteroatoms. The maximum atomic E-state index is 14.3. The number of hydrogen-bond donors (Lipinski definition) is 4. The molecule has 3 amide bonds. The number of rotatable bonds is 15. The number of nitrogens with one attached hydrogen (secondary N) is 3. The lowest BCUT2D eigenvalue weighted by atomic mass is 10.0. The number of ketones is 1. The third-order valence-electron chi connectivity index (χ3n) is 8.70. The second kappa shape index (κ2) is 17.2. The average Bonchev–Trinajstić information content (AvgIpc) is 3.65. The summed E-state index contributed by atoms with van der Waals surface area (Å²) < 4.78 is 29.6. The number of nitrogens with two attached hydrogens (primary N) is 1. The fourth-order valence-corrected chi connectivity index (χ4v) is 8.21. The smallest absolute Gasteiger partial charge is 0.243 e. The first kappa shape index (κ1) is 40.1. The second-order valence-corrected chi connectivity index (χ2v) is 16.6. The Kier molecular flexibility index (Phi) is 13.3. The minimum Gasteiger partial charge on any atom is -0.370 e. The summed E-state index contributed by atoms with van der Waals surface area (Å²) >= 11 is 1.14. The van der Waals surface area contributed by atoms with Crippen LogP contribution in [0, 0.1) is 5.41 Å². The Hall–Kier alpha value is -4.67. The van der Waals surface area contributed by atoms with Crippen molar-refractivity contribution in [2.45, 2.75) is 81.9 Å². The molecule has 5 N–H and O–H groups in total. The summed E-state index contributed by atoms with van der Waals surface area (Å²) in [7, 11) is -2.58. The minimum absolute atomic E-state index is 0.00370. The van der Waals surface area contributed by atoms with Crippen molar-refractivity contribution in [1.82, 2.24) is 29.7 Å². The lowest BCUT2D eigenvalue weighted by molar-refractivity contribution is -0.146. The number of Topliss-reactive ketones (excluding diaryl/α,β-unsaturated/α-hetero) is 1. The Morgan fingerprint density at radius 2 is 1.79 bits per heavy atom. The molecule has 2 unspecified atom stereocenters. The maximum Gasteiger partial charge on any atom is 0.243 e. The van der Waals surface area contributed by atoms with Crippen molar-refractivity contribution in [2.24, 2.45) is 5.73 Å². The molecule has 4 rings (SSSR count). The van der Waals surface area contributed by atoms with Crippen LogP contribution in [0.3, 0.4) is 0 Å². The number of carbonyl (C=O) groups is 4. The van der Waals surface area contributed by atoms with Gasteiger partial charge in [-0.15, -0.1) is 11.3 Å². The van der Waals surface area contributed by atoms with Crippen molar-refractivity contribution < 1.29 is 27.6 Å². The summed E-state index contributed by atoms with van der Waals surface area (Å²) in [5, 5.41) is 15.1. The highest BCUT2D eigenvalue weighted by Crippen LogP contribution is 2.29. The van der Waals surface area contributed by atoms with Crippen molar-refractivity contribution in [3.05, 3.63) is 71.2 Å². The molecule has 14 nitrogen and oxygen atoms in total. The third-order valence-corrected chi connectivity index (χ3v) is 11.4. The zero-order chi connectivity index (χ0) is 38.2. The Bertz CT molecular complexity index is 1850. The van der Waals surface area contributed by atoms with Crippen LogP contribution in [0.25, 0.3) is 11.1 Å². The highest BCUT2D eigenvalue weighted by atomic mass is 32.2. The van der Waals surface area contributed by atoms with E-state index in [2.05, 4.69) is 15.6 Å². The standard InChI is InChI=1S/C36H48N8O6S2/c1-24(32(47)40-28(15-10-19-42(5)35(37)38)31(46)33-39-18-22-51-33)43-20-21-44(29(34(43)48)16-17-30(45)41-36(2,3)4)52(49,50)27-14-9-13-26(23-27)25-11-7-6-8-12-25/h6-9,11-14,18,22-24,28-29H,10,15-17,19-21H2,1-5H3,(H3,37,38)(H,40,47)(H,41,45)/t24?,28-,29?/m0/s1. The molecule has 2 heterocycles. The van der Waals surface area contributed by atoms with Crippen LogP contribution in [0.15, 0.2) is 71.1 Å². The lowest BCUT2D eigenvalue weighted by Crippen LogP contribution is -2.63. The zero-order valence-corrected chi connectivity index (χ0v) is 31.8. The molecular weight excluding hydrogens is 705 g/mol. The molecule has 3 atom stereocenters. The van der Waals surface area contributed by atoms with Gasteiger partial charge in [-0.25, -0.2) is 13.4 Å². The number of sulfonamides is 1. The van der Waals surface area contributed by atoms with Gasteiger partial charge < -0.3 is 26.2 Å². The van der Waals surface area contributed by atoms with Crippen molar-refractivity contribution in [1.29, 1.82) is 5.41 Å². The summed E-state index contributed by atoms with van der Waals surface area (Å²) in [4.78, 5) is 61.2. The predicted molar refractivity (Wildman–Crippen MR) is 200 cm³/mol. The predicted octanol–water partition coefficient (Wildman–Crippen LogP) is 3.07. The Morgan fingerprint density at radius 1 is 1.10 bits per heavy atom. The molecule has 1 aromatic heterocycles. The van der Waals surface area contributed by atoms with Crippen LogP contribution in [-0.2, 0) is 24.4 Å².